The second kappa shape index (κ2) is 8.18. The molecule has 1 saturated heterocycles. The number of fused-ring (bicyclic) bond motifs is 2. The van der Waals surface area contributed by atoms with Gasteiger partial charge in [0.25, 0.3) is 0 Å². The molecule has 0 radical (unpaired) electrons. The van der Waals surface area contributed by atoms with Crippen molar-refractivity contribution < 1.29 is 15.0 Å². The molecule has 8 nitrogen and oxygen atoms in total. The van der Waals surface area contributed by atoms with E-state index in [1.807, 2.05) is 25.2 Å². The van der Waals surface area contributed by atoms with Gasteiger partial charge in [-0.2, -0.15) is 5.10 Å². The summed E-state index contributed by atoms with van der Waals surface area (Å²) in [6.45, 7) is 5.29. The fraction of sp³-hybridized carbons (Fsp3) is 0.520. The number of nitrogens with one attached hydrogen (secondary N) is 2. The van der Waals surface area contributed by atoms with E-state index in [4.69, 9.17) is 0 Å². The van der Waals surface area contributed by atoms with Crippen LogP contribution in [0.2, 0.25) is 0 Å². The SMILES string of the molecule is CN(c1ccc2cc(-c3n[nH]c4c3CCC(C)(C)C4)[nH]c2c1)C(O)CN1CC[C@@H](O)CC1=O. The van der Waals surface area contributed by atoms with E-state index in [-0.39, 0.29) is 18.9 Å². The third-order valence-electron chi connectivity index (χ3n) is 7.25. The molecule has 1 aliphatic heterocycles. The monoisotopic (exact) mass is 451 g/mol. The van der Waals surface area contributed by atoms with Crippen molar-refractivity contribution in [3.8, 4) is 11.4 Å². The van der Waals surface area contributed by atoms with Crippen molar-refractivity contribution in [1.29, 1.82) is 0 Å². The lowest BCUT2D eigenvalue weighted by Gasteiger charge is -2.34. The van der Waals surface area contributed by atoms with Crippen molar-refractivity contribution in [2.75, 3.05) is 25.0 Å². The largest absolute Gasteiger partial charge is 0.393 e. The lowest BCUT2D eigenvalue weighted by Crippen LogP contribution is -2.48. The Morgan fingerprint density at radius 3 is 2.94 bits per heavy atom. The van der Waals surface area contributed by atoms with Crippen molar-refractivity contribution in [1.82, 2.24) is 20.1 Å². The minimum atomic E-state index is -0.835. The number of aliphatic hydroxyl groups excluding tert-OH is 2. The highest BCUT2D eigenvalue weighted by atomic mass is 16.3. The number of carbonyl (C=O) groups is 1. The number of likely N-dealkylation sites (tertiary alicyclic amines) is 1. The molecule has 33 heavy (non-hydrogen) atoms. The number of rotatable bonds is 5. The van der Waals surface area contributed by atoms with Crippen LogP contribution < -0.4 is 4.90 Å². The number of aromatic amines is 2. The smallest absolute Gasteiger partial charge is 0.225 e. The molecule has 176 valence electrons. The summed E-state index contributed by atoms with van der Waals surface area (Å²) in [6.07, 6.45) is 2.46. The van der Waals surface area contributed by atoms with E-state index in [2.05, 4.69) is 35.1 Å². The van der Waals surface area contributed by atoms with E-state index in [0.717, 1.165) is 47.2 Å². The van der Waals surface area contributed by atoms with Gasteiger partial charge in [0.2, 0.25) is 5.91 Å². The number of hydrogen-bond donors (Lipinski definition) is 4. The van der Waals surface area contributed by atoms with E-state index in [0.29, 0.717) is 18.4 Å². The lowest BCUT2D eigenvalue weighted by atomic mass is 9.76. The highest BCUT2D eigenvalue weighted by molar-refractivity contribution is 5.88. The molecule has 1 aromatic carbocycles. The van der Waals surface area contributed by atoms with Gasteiger partial charge in [0.05, 0.1) is 24.8 Å². The molecular formula is C25H33N5O3. The Labute approximate surface area is 193 Å². The maximum atomic E-state index is 12.1. The highest BCUT2D eigenvalue weighted by Crippen LogP contribution is 2.38. The molecule has 2 aliphatic rings. The van der Waals surface area contributed by atoms with Gasteiger partial charge in [0, 0.05) is 41.4 Å². The summed E-state index contributed by atoms with van der Waals surface area (Å²) < 4.78 is 0. The molecule has 8 heteroatoms. The van der Waals surface area contributed by atoms with Gasteiger partial charge in [-0.25, -0.2) is 0 Å². The molecule has 1 amide bonds. The number of aromatic nitrogens is 3. The Morgan fingerprint density at radius 2 is 2.15 bits per heavy atom. The predicted octanol–water partition coefficient (Wildman–Crippen LogP) is 2.81. The molecule has 3 heterocycles. The average molecular weight is 452 g/mol. The zero-order chi connectivity index (χ0) is 23.3. The summed E-state index contributed by atoms with van der Waals surface area (Å²) in [6, 6.07) is 8.17. The molecule has 5 rings (SSSR count). The maximum absolute atomic E-state index is 12.1. The van der Waals surface area contributed by atoms with Gasteiger partial charge in [-0.15, -0.1) is 0 Å². The Hall–Kier alpha value is -2.84. The van der Waals surface area contributed by atoms with Gasteiger partial charge >= 0.3 is 0 Å². The molecule has 3 aromatic rings. The van der Waals surface area contributed by atoms with Gasteiger partial charge in [-0.1, -0.05) is 19.9 Å². The molecule has 2 aromatic heterocycles. The van der Waals surface area contributed by atoms with Gasteiger partial charge in [-0.05, 0) is 49.3 Å². The topological polar surface area (TPSA) is 108 Å². The Kier molecular flexibility index (Phi) is 5.45. The predicted molar refractivity (Wildman–Crippen MR) is 128 cm³/mol. The summed E-state index contributed by atoms with van der Waals surface area (Å²) in [7, 11) is 1.82. The van der Waals surface area contributed by atoms with Crippen LogP contribution in [0.15, 0.2) is 24.3 Å². The minimum absolute atomic E-state index is 0.114. The molecule has 1 unspecified atom stereocenters. The number of amides is 1. The first-order chi connectivity index (χ1) is 15.7. The number of aliphatic hydroxyl groups is 2. The van der Waals surface area contributed by atoms with Crippen molar-refractivity contribution in [2.24, 2.45) is 5.41 Å². The molecule has 0 saturated carbocycles. The van der Waals surface area contributed by atoms with Crippen LogP contribution in [-0.2, 0) is 17.6 Å². The molecule has 4 N–H and O–H groups in total. The maximum Gasteiger partial charge on any atom is 0.225 e. The number of piperidine rings is 1. The van der Waals surface area contributed by atoms with E-state index >= 15 is 0 Å². The Morgan fingerprint density at radius 1 is 1.33 bits per heavy atom. The standard InChI is InChI=1S/C25H33N5O3/c1-25(2)8-6-18-21(13-25)27-28-24(18)20-10-15-4-5-16(11-19(15)26-20)29(3)23(33)14-30-9-7-17(31)12-22(30)32/h4-5,10-11,17,23,26,31,33H,6-9,12-14H2,1-3H3,(H,27,28)/t17-,23?/m1/s1. The number of anilines is 1. The number of hydrogen-bond acceptors (Lipinski definition) is 5. The second-order valence-corrected chi connectivity index (χ2v) is 10.4. The summed E-state index contributed by atoms with van der Waals surface area (Å²) in [5.41, 5.74) is 6.69. The summed E-state index contributed by atoms with van der Waals surface area (Å²) in [4.78, 5) is 19.1. The number of β-amino-alcohol motifs (C(OH)–C–C–N with tert-alkyl or cyclic N) is 1. The van der Waals surface area contributed by atoms with Gasteiger partial charge in [0.15, 0.2) is 0 Å². The summed E-state index contributed by atoms with van der Waals surface area (Å²) in [5.74, 6) is -0.114. The number of likely N-dealkylation sites (N-methyl/N-ethyl adjacent to an activating group) is 1. The van der Waals surface area contributed by atoms with Gasteiger partial charge < -0.3 is 25.0 Å². The normalized spacial score (nSPS) is 21.3. The number of nitrogens with zero attached hydrogens (tertiary/aromatic N) is 3. The van der Waals surface area contributed by atoms with E-state index in [1.54, 1.807) is 9.80 Å². The molecule has 2 atom stereocenters. The molecule has 0 bridgehead atoms. The molecule has 0 spiro atoms. The summed E-state index contributed by atoms with van der Waals surface area (Å²) >= 11 is 0. The van der Waals surface area contributed by atoms with Gasteiger partial charge in [0.1, 0.15) is 11.9 Å². The van der Waals surface area contributed by atoms with Crippen LogP contribution in [0.25, 0.3) is 22.3 Å². The fourth-order valence-electron chi connectivity index (χ4n) is 5.08. The first-order valence-electron chi connectivity index (χ1n) is 11.8. The Bertz CT molecular complexity index is 1180. The first-order valence-corrected chi connectivity index (χ1v) is 11.8. The summed E-state index contributed by atoms with van der Waals surface area (Å²) in [5, 5.41) is 29.4. The number of H-pyrrole nitrogens is 2. The zero-order valence-corrected chi connectivity index (χ0v) is 19.6. The van der Waals surface area contributed by atoms with Crippen LogP contribution in [0.5, 0.6) is 0 Å². The van der Waals surface area contributed by atoms with Gasteiger partial charge in [-0.3, -0.25) is 9.89 Å². The van der Waals surface area contributed by atoms with Crippen LogP contribution in [0, 0.1) is 5.41 Å². The molecule has 1 fully saturated rings. The third-order valence-corrected chi connectivity index (χ3v) is 7.25. The van der Waals surface area contributed by atoms with E-state index in [1.165, 1.54) is 11.3 Å². The van der Waals surface area contributed by atoms with E-state index < -0.39 is 12.3 Å². The molecule has 1 aliphatic carbocycles. The van der Waals surface area contributed by atoms with Crippen LogP contribution in [0.3, 0.4) is 0 Å². The van der Waals surface area contributed by atoms with Crippen molar-refractivity contribution in [3.05, 3.63) is 35.5 Å². The van der Waals surface area contributed by atoms with Crippen molar-refractivity contribution in [3.63, 3.8) is 0 Å². The highest BCUT2D eigenvalue weighted by Gasteiger charge is 2.30. The first kappa shape index (κ1) is 22.0. The molecular weight excluding hydrogens is 418 g/mol. The van der Waals surface area contributed by atoms with Crippen molar-refractivity contribution in [2.45, 2.75) is 58.3 Å². The minimum Gasteiger partial charge on any atom is -0.393 e. The van der Waals surface area contributed by atoms with E-state index in [9.17, 15) is 15.0 Å². The quantitative estimate of drug-likeness (QED) is 0.446. The fourth-order valence-corrected chi connectivity index (χ4v) is 5.08. The Balaban J connectivity index is 1.35. The average Bonchev–Trinajstić information content (AvgIpc) is 3.37. The zero-order valence-electron chi connectivity index (χ0n) is 19.6. The third kappa shape index (κ3) is 4.25. The van der Waals surface area contributed by atoms with Crippen LogP contribution in [0.4, 0.5) is 5.69 Å². The van der Waals surface area contributed by atoms with Crippen LogP contribution in [0.1, 0.15) is 44.4 Å². The number of carbonyl (C=O) groups excluding carboxylic acids is 1. The number of benzene rings is 1. The van der Waals surface area contributed by atoms with Crippen LogP contribution in [-0.4, -0.2) is 68.7 Å². The lowest BCUT2D eigenvalue weighted by molar-refractivity contribution is -0.138. The van der Waals surface area contributed by atoms with Crippen LogP contribution >= 0.6 is 0 Å². The van der Waals surface area contributed by atoms with Crippen molar-refractivity contribution >= 4 is 22.5 Å². The second-order valence-electron chi connectivity index (χ2n) is 10.4.